The van der Waals surface area contributed by atoms with Gasteiger partial charge in [-0.1, -0.05) is 26.0 Å². The predicted molar refractivity (Wildman–Crippen MR) is 102 cm³/mol. The van der Waals surface area contributed by atoms with E-state index in [-0.39, 0.29) is 35.6 Å². The van der Waals surface area contributed by atoms with Gasteiger partial charge in [0, 0.05) is 12.5 Å². The van der Waals surface area contributed by atoms with Crippen LogP contribution >= 0.6 is 12.4 Å². The topological polar surface area (TPSA) is 70.2 Å². The van der Waals surface area contributed by atoms with E-state index in [1.807, 2.05) is 12.1 Å². The van der Waals surface area contributed by atoms with E-state index in [0.29, 0.717) is 23.7 Å². The number of benzene rings is 1. The van der Waals surface area contributed by atoms with Gasteiger partial charge in [0.15, 0.2) is 0 Å². The molecule has 0 radical (unpaired) electrons. The first-order valence-electron chi connectivity index (χ1n) is 8.91. The van der Waals surface area contributed by atoms with Gasteiger partial charge < -0.3 is 16.0 Å². The Balaban J connectivity index is 0.00000225. The fourth-order valence-corrected chi connectivity index (χ4v) is 3.60. The normalized spacial score (nSPS) is 20.7. The summed E-state index contributed by atoms with van der Waals surface area (Å²) in [4.78, 5) is 25.0. The van der Waals surface area contributed by atoms with E-state index in [9.17, 15) is 9.59 Å². The molecule has 1 aliphatic heterocycles. The standard InChI is InChI=1S/C19H27N3O2.ClH/c1-13(2)12-21-17(23)14-5-3-4-6-16(14)22-18(24)15-11-19(15)7-9-20-10-8-19;/h3-6,13,15,20H,7-12H2,1-2H3,(H,21,23)(H,22,24);1H. The van der Waals surface area contributed by atoms with Crippen molar-refractivity contribution >= 4 is 29.9 Å². The first-order valence-corrected chi connectivity index (χ1v) is 8.91. The highest BCUT2D eigenvalue weighted by Crippen LogP contribution is 2.58. The molecule has 0 bridgehead atoms. The second kappa shape index (κ2) is 8.19. The minimum absolute atomic E-state index is 0. The van der Waals surface area contributed by atoms with E-state index < -0.39 is 0 Å². The molecule has 1 heterocycles. The molecule has 3 N–H and O–H groups in total. The molecule has 138 valence electrons. The van der Waals surface area contributed by atoms with Gasteiger partial charge >= 0.3 is 0 Å². The molecule has 1 spiro atoms. The number of piperidine rings is 1. The zero-order chi connectivity index (χ0) is 17.2. The van der Waals surface area contributed by atoms with E-state index in [1.165, 1.54) is 0 Å². The van der Waals surface area contributed by atoms with Crippen molar-refractivity contribution in [2.75, 3.05) is 25.0 Å². The number of amides is 2. The molecule has 1 aromatic rings. The number of carbonyl (C=O) groups excluding carboxylic acids is 2. The molecule has 1 atom stereocenters. The number of para-hydroxylation sites is 1. The highest BCUT2D eigenvalue weighted by Gasteiger charge is 2.57. The lowest BCUT2D eigenvalue weighted by Crippen LogP contribution is -2.32. The van der Waals surface area contributed by atoms with Crippen molar-refractivity contribution in [2.24, 2.45) is 17.3 Å². The summed E-state index contributed by atoms with van der Waals surface area (Å²) < 4.78 is 0. The van der Waals surface area contributed by atoms with Crippen molar-refractivity contribution in [3.05, 3.63) is 29.8 Å². The first kappa shape index (κ1) is 19.7. The van der Waals surface area contributed by atoms with Crippen molar-refractivity contribution in [1.29, 1.82) is 0 Å². The molecule has 5 nitrogen and oxygen atoms in total. The maximum Gasteiger partial charge on any atom is 0.253 e. The lowest BCUT2D eigenvalue weighted by Gasteiger charge is -2.23. The summed E-state index contributed by atoms with van der Waals surface area (Å²) in [5, 5.41) is 9.26. The summed E-state index contributed by atoms with van der Waals surface area (Å²) in [5.74, 6) is 0.404. The zero-order valence-electron chi connectivity index (χ0n) is 14.9. The van der Waals surface area contributed by atoms with E-state index in [1.54, 1.807) is 12.1 Å². The van der Waals surface area contributed by atoms with E-state index in [0.717, 1.165) is 32.4 Å². The summed E-state index contributed by atoms with van der Waals surface area (Å²) in [7, 11) is 0. The van der Waals surface area contributed by atoms with Crippen LogP contribution in [0.3, 0.4) is 0 Å². The maximum atomic E-state index is 12.6. The van der Waals surface area contributed by atoms with Gasteiger partial charge in [0.05, 0.1) is 11.3 Å². The number of hydrogen-bond acceptors (Lipinski definition) is 3. The van der Waals surface area contributed by atoms with Gasteiger partial charge in [-0.3, -0.25) is 9.59 Å². The second-order valence-electron chi connectivity index (χ2n) is 7.51. The van der Waals surface area contributed by atoms with E-state index >= 15 is 0 Å². The molecule has 1 unspecified atom stereocenters. The molecule has 0 aromatic heterocycles. The molecule has 25 heavy (non-hydrogen) atoms. The molecule has 2 aliphatic rings. The summed E-state index contributed by atoms with van der Waals surface area (Å²) in [5.41, 5.74) is 1.34. The van der Waals surface area contributed by atoms with Gasteiger partial charge in [0.25, 0.3) is 5.91 Å². The number of halogens is 1. The van der Waals surface area contributed by atoms with Crippen molar-refractivity contribution in [3.8, 4) is 0 Å². The smallest absolute Gasteiger partial charge is 0.253 e. The van der Waals surface area contributed by atoms with Crippen LogP contribution < -0.4 is 16.0 Å². The Morgan fingerprint density at radius 1 is 1.24 bits per heavy atom. The average molecular weight is 366 g/mol. The highest BCUT2D eigenvalue weighted by molar-refractivity contribution is 6.04. The molecule has 2 amide bonds. The molecule has 1 aromatic carbocycles. The SMILES string of the molecule is CC(C)CNC(=O)c1ccccc1NC(=O)C1CC12CCNCC2.Cl. The average Bonchev–Trinajstić information content (AvgIpc) is 3.27. The summed E-state index contributed by atoms with van der Waals surface area (Å²) in [6.45, 7) is 6.73. The van der Waals surface area contributed by atoms with E-state index in [4.69, 9.17) is 0 Å². The van der Waals surface area contributed by atoms with Crippen LogP contribution in [-0.4, -0.2) is 31.4 Å². The quantitative estimate of drug-likeness (QED) is 0.751. The van der Waals surface area contributed by atoms with Crippen molar-refractivity contribution < 1.29 is 9.59 Å². The van der Waals surface area contributed by atoms with Crippen LogP contribution in [0.5, 0.6) is 0 Å². The van der Waals surface area contributed by atoms with Crippen LogP contribution in [0, 0.1) is 17.3 Å². The molecule has 6 heteroatoms. The molecule has 1 saturated heterocycles. The Morgan fingerprint density at radius 3 is 2.60 bits per heavy atom. The van der Waals surface area contributed by atoms with Crippen molar-refractivity contribution in [2.45, 2.75) is 33.1 Å². The Labute approximate surface area is 155 Å². The van der Waals surface area contributed by atoms with Crippen molar-refractivity contribution in [3.63, 3.8) is 0 Å². The molecular formula is C19H28ClN3O2. The molecular weight excluding hydrogens is 338 g/mol. The highest BCUT2D eigenvalue weighted by atomic mass is 35.5. The molecule has 2 fully saturated rings. The summed E-state index contributed by atoms with van der Waals surface area (Å²) >= 11 is 0. The summed E-state index contributed by atoms with van der Waals surface area (Å²) in [6.07, 6.45) is 3.12. The van der Waals surface area contributed by atoms with Crippen LogP contribution in [0.4, 0.5) is 5.69 Å². The number of rotatable bonds is 5. The van der Waals surface area contributed by atoms with Gasteiger partial charge in [0.1, 0.15) is 0 Å². The molecule has 3 rings (SSSR count). The number of anilines is 1. The number of carbonyl (C=O) groups is 2. The van der Waals surface area contributed by atoms with E-state index in [2.05, 4.69) is 29.8 Å². The Morgan fingerprint density at radius 2 is 1.92 bits per heavy atom. The third-order valence-electron chi connectivity index (χ3n) is 5.21. The van der Waals surface area contributed by atoms with Crippen LogP contribution in [0.1, 0.15) is 43.5 Å². The molecule has 1 saturated carbocycles. The van der Waals surface area contributed by atoms with Crippen molar-refractivity contribution in [1.82, 2.24) is 10.6 Å². The second-order valence-corrected chi connectivity index (χ2v) is 7.51. The third kappa shape index (κ3) is 4.53. The zero-order valence-corrected chi connectivity index (χ0v) is 15.7. The van der Waals surface area contributed by atoms with Gasteiger partial charge in [-0.2, -0.15) is 0 Å². The van der Waals surface area contributed by atoms with Crippen LogP contribution in [0.25, 0.3) is 0 Å². The first-order chi connectivity index (χ1) is 11.5. The van der Waals surface area contributed by atoms with Gasteiger partial charge in [0.2, 0.25) is 5.91 Å². The lowest BCUT2D eigenvalue weighted by atomic mass is 9.91. The van der Waals surface area contributed by atoms with Gasteiger partial charge in [-0.15, -0.1) is 12.4 Å². The Kier molecular flexibility index (Phi) is 6.47. The van der Waals surface area contributed by atoms with Gasteiger partial charge in [-0.25, -0.2) is 0 Å². The fourth-order valence-electron chi connectivity index (χ4n) is 3.60. The minimum Gasteiger partial charge on any atom is -0.352 e. The number of nitrogens with one attached hydrogen (secondary N) is 3. The summed E-state index contributed by atoms with van der Waals surface area (Å²) in [6, 6.07) is 7.24. The predicted octanol–water partition coefficient (Wildman–Crippen LogP) is 2.82. The molecule has 1 aliphatic carbocycles. The third-order valence-corrected chi connectivity index (χ3v) is 5.21. The Bertz CT molecular complexity index is 627. The maximum absolute atomic E-state index is 12.6. The van der Waals surface area contributed by atoms with Crippen LogP contribution in [-0.2, 0) is 4.79 Å². The monoisotopic (exact) mass is 365 g/mol. The number of hydrogen-bond donors (Lipinski definition) is 3. The minimum atomic E-state index is -0.132. The lowest BCUT2D eigenvalue weighted by molar-refractivity contribution is -0.118. The van der Waals surface area contributed by atoms with Gasteiger partial charge in [-0.05, 0) is 55.8 Å². The Hall–Kier alpha value is -1.59. The van der Waals surface area contributed by atoms with Crippen LogP contribution in [0.2, 0.25) is 0 Å². The largest absolute Gasteiger partial charge is 0.352 e. The fraction of sp³-hybridized carbons (Fsp3) is 0.579. The van der Waals surface area contributed by atoms with Crippen LogP contribution in [0.15, 0.2) is 24.3 Å².